The fourth-order valence-electron chi connectivity index (χ4n) is 1.71. The van der Waals surface area contributed by atoms with Crippen LogP contribution in [0.5, 0.6) is 11.5 Å². The molecule has 0 saturated heterocycles. The van der Waals surface area contributed by atoms with Crippen molar-refractivity contribution in [3.63, 3.8) is 0 Å². The predicted molar refractivity (Wildman–Crippen MR) is 82.1 cm³/mol. The van der Waals surface area contributed by atoms with E-state index in [9.17, 15) is 4.79 Å². The number of amides is 1. The van der Waals surface area contributed by atoms with Gasteiger partial charge in [0.1, 0.15) is 22.2 Å². The number of nitrogens with one attached hydrogen (secondary N) is 1. The van der Waals surface area contributed by atoms with E-state index in [-0.39, 0.29) is 5.91 Å². The Morgan fingerprint density at radius 1 is 1.48 bits per heavy atom. The van der Waals surface area contributed by atoms with Crippen molar-refractivity contribution in [2.75, 3.05) is 19.0 Å². The fourth-order valence-corrected chi connectivity index (χ4v) is 2.37. The van der Waals surface area contributed by atoms with Gasteiger partial charge in [0.25, 0.3) is 5.91 Å². The molecule has 0 saturated carbocycles. The van der Waals surface area contributed by atoms with Crippen molar-refractivity contribution < 1.29 is 14.3 Å². The molecule has 1 heterocycles. The van der Waals surface area contributed by atoms with Crippen LogP contribution < -0.4 is 20.5 Å². The molecule has 0 fully saturated rings. The van der Waals surface area contributed by atoms with Gasteiger partial charge in [0.15, 0.2) is 0 Å². The Morgan fingerprint density at radius 2 is 2.29 bits per heavy atom. The normalized spacial score (nSPS) is 10.2. The van der Waals surface area contributed by atoms with Gasteiger partial charge in [0, 0.05) is 18.0 Å². The lowest BCUT2D eigenvalue weighted by molar-refractivity contribution is 0.102. The van der Waals surface area contributed by atoms with Gasteiger partial charge in [-0.1, -0.05) is 0 Å². The molecule has 0 aliphatic carbocycles. The third-order valence-corrected chi connectivity index (χ3v) is 3.56. The number of methoxy groups -OCH3 is 1. The van der Waals surface area contributed by atoms with E-state index >= 15 is 0 Å². The molecule has 112 valence electrons. The summed E-state index contributed by atoms with van der Waals surface area (Å²) in [6, 6.07) is 5.24. The highest BCUT2D eigenvalue weighted by Gasteiger charge is 2.14. The second-order valence-electron chi connectivity index (χ2n) is 4.08. The van der Waals surface area contributed by atoms with Gasteiger partial charge >= 0.3 is 0 Å². The van der Waals surface area contributed by atoms with Crippen molar-refractivity contribution in [2.45, 2.75) is 13.5 Å². The summed E-state index contributed by atoms with van der Waals surface area (Å²) in [5.41, 5.74) is 6.38. The van der Waals surface area contributed by atoms with Gasteiger partial charge in [-0.05, 0) is 19.1 Å². The summed E-state index contributed by atoms with van der Waals surface area (Å²) in [6.07, 6.45) is 0. The third kappa shape index (κ3) is 3.71. The highest BCUT2D eigenvalue weighted by atomic mass is 32.1. The molecule has 0 atom stereocenters. The molecular formula is C14H17N3O3S. The van der Waals surface area contributed by atoms with Crippen molar-refractivity contribution >= 4 is 22.9 Å². The molecule has 21 heavy (non-hydrogen) atoms. The number of benzene rings is 1. The maximum atomic E-state index is 12.2. The Hall–Kier alpha value is -2.12. The molecule has 0 aliphatic rings. The van der Waals surface area contributed by atoms with Crippen LogP contribution in [0.3, 0.4) is 0 Å². The van der Waals surface area contributed by atoms with E-state index in [1.165, 1.54) is 11.3 Å². The summed E-state index contributed by atoms with van der Waals surface area (Å²) in [5, 5.41) is 5.18. The van der Waals surface area contributed by atoms with Crippen molar-refractivity contribution in [2.24, 2.45) is 5.73 Å². The molecule has 0 radical (unpaired) electrons. The monoisotopic (exact) mass is 307 g/mol. The van der Waals surface area contributed by atoms with Crippen molar-refractivity contribution in [1.29, 1.82) is 0 Å². The van der Waals surface area contributed by atoms with E-state index in [2.05, 4.69) is 10.3 Å². The number of carbonyl (C=O) groups excluding carboxylic acids is 1. The third-order valence-electron chi connectivity index (χ3n) is 2.69. The highest BCUT2D eigenvalue weighted by Crippen LogP contribution is 2.29. The van der Waals surface area contributed by atoms with Crippen LogP contribution in [0.15, 0.2) is 23.6 Å². The number of ether oxygens (including phenoxy) is 2. The first-order chi connectivity index (χ1) is 10.2. The number of hydrogen-bond acceptors (Lipinski definition) is 6. The largest absolute Gasteiger partial charge is 0.497 e. The van der Waals surface area contributed by atoms with Crippen molar-refractivity contribution in [3.8, 4) is 11.5 Å². The molecule has 2 aromatic rings. The van der Waals surface area contributed by atoms with Crippen molar-refractivity contribution in [3.05, 3.63) is 34.3 Å². The first-order valence-corrected chi connectivity index (χ1v) is 7.32. The van der Waals surface area contributed by atoms with E-state index in [0.717, 1.165) is 5.01 Å². The molecule has 0 unspecified atom stereocenters. The summed E-state index contributed by atoms with van der Waals surface area (Å²) in [5.74, 6) is 0.913. The van der Waals surface area contributed by atoms with Crippen LogP contribution in [0, 0.1) is 0 Å². The Balaban J connectivity index is 2.22. The second kappa shape index (κ2) is 7.05. The number of carbonyl (C=O) groups is 1. The average molecular weight is 307 g/mol. The topological polar surface area (TPSA) is 86.5 Å². The fraction of sp³-hybridized carbons (Fsp3) is 0.286. The summed E-state index contributed by atoms with van der Waals surface area (Å²) in [4.78, 5) is 16.3. The number of nitrogens with two attached hydrogens (primary N) is 1. The molecule has 7 heteroatoms. The molecule has 2 rings (SSSR count). The van der Waals surface area contributed by atoms with E-state index < -0.39 is 0 Å². The minimum absolute atomic E-state index is 0.305. The summed E-state index contributed by atoms with van der Waals surface area (Å²) < 4.78 is 10.7. The number of hydrogen-bond donors (Lipinski definition) is 2. The van der Waals surface area contributed by atoms with Crippen LogP contribution in [0.2, 0.25) is 0 Å². The number of nitrogens with zero attached hydrogens (tertiary/aromatic N) is 1. The Kier molecular flexibility index (Phi) is 5.13. The molecule has 6 nitrogen and oxygen atoms in total. The van der Waals surface area contributed by atoms with Gasteiger partial charge in [0.05, 0.1) is 19.4 Å². The minimum Gasteiger partial charge on any atom is -0.497 e. The number of thiazole rings is 1. The lowest BCUT2D eigenvalue weighted by atomic mass is 10.2. The molecule has 1 aromatic heterocycles. The van der Waals surface area contributed by atoms with Gasteiger partial charge in [0.2, 0.25) is 0 Å². The SMILES string of the molecule is CCOc1ccc(OC)cc1NC(=O)c1csc(CN)n1. The molecule has 1 amide bonds. The van der Waals surface area contributed by atoms with Gasteiger partial charge in [-0.3, -0.25) is 4.79 Å². The van der Waals surface area contributed by atoms with E-state index in [1.54, 1.807) is 30.7 Å². The molecule has 3 N–H and O–H groups in total. The zero-order chi connectivity index (χ0) is 15.2. The summed E-state index contributed by atoms with van der Waals surface area (Å²) >= 11 is 1.36. The van der Waals surface area contributed by atoms with Crippen LogP contribution in [0.4, 0.5) is 5.69 Å². The number of anilines is 1. The van der Waals surface area contributed by atoms with Crippen LogP contribution in [0.1, 0.15) is 22.4 Å². The van der Waals surface area contributed by atoms with E-state index in [1.807, 2.05) is 6.92 Å². The lowest BCUT2D eigenvalue weighted by Crippen LogP contribution is -2.14. The molecule has 0 bridgehead atoms. The second-order valence-corrected chi connectivity index (χ2v) is 5.02. The number of rotatable bonds is 6. The summed E-state index contributed by atoms with van der Waals surface area (Å²) in [7, 11) is 1.56. The van der Waals surface area contributed by atoms with Crippen LogP contribution in [0.25, 0.3) is 0 Å². The molecule has 0 aliphatic heterocycles. The lowest BCUT2D eigenvalue weighted by Gasteiger charge is -2.12. The molecule has 1 aromatic carbocycles. The minimum atomic E-state index is -0.305. The smallest absolute Gasteiger partial charge is 0.275 e. The maximum Gasteiger partial charge on any atom is 0.275 e. The molecular weight excluding hydrogens is 290 g/mol. The Labute approximate surface area is 126 Å². The van der Waals surface area contributed by atoms with Crippen LogP contribution in [-0.4, -0.2) is 24.6 Å². The Morgan fingerprint density at radius 3 is 2.90 bits per heavy atom. The predicted octanol–water partition coefficient (Wildman–Crippen LogP) is 2.26. The van der Waals surface area contributed by atoms with Gasteiger partial charge < -0.3 is 20.5 Å². The highest BCUT2D eigenvalue weighted by molar-refractivity contribution is 7.09. The van der Waals surface area contributed by atoms with Gasteiger partial charge in [-0.15, -0.1) is 11.3 Å². The average Bonchev–Trinajstić information content (AvgIpc) is 2.98. The maximum absolute atomic E-state index is 12.2. The zero-order valence-electron chi connectivity index (χ0n) is 11.9. The van der Waals surface area contributed by atoms with Crippen molar-refractivity contribution in [1.82, 2.24) is 4.98 Å². The van der Waals surface area contributed by atoms with Gasteiger partial charge in [-0.2, -0.15) is 0 Å². The number of aromatic nitrogens is 1. The molecule has 0 spiro atoms. The van der Waals surface area contributed by atoms with E-state index in [0.29, 0.717) is 36.0 Å². The van der Waals surface area contributed by atoms with Crippen LogP contribution >= 0.6 is 11.3 Å². The van der Waals surface area contributed by atoms with Gasteiger partial charge in [-0.25, -0.2) is 4.98 Å². The van der Waals surface area contributed by atoms with Crippen LogP contribution in [-0.2, 0) is 6.54 Å². The van der Waals surface area contributed by atoms with E-state index in [4.69, 9.17) is 15.2 Å². The first kappa shape index (κ1) is 15.3. The Bertz CT molecular complexity index is 628. The first-order valence-electron chi connectivity index (χ1n) is 6.44. The summed E-state index contributed by atoms with van der Waals surface area (Å²) in [6.45, 7) is 2.70. The zero-order valence-corrected chi connectivity index (χ0v) is 12.7. The quantitative estimate of drug-likeness (QED) is 0.855. The standard InChI is InChI=1S/C14H17N3O3S/c1-3-20-12-5-4-9(19-2)6-10(12)17-14(18)11-8-21-13(7-15)16-11/h4-6,8H,3,7,15H2,1-2H3,(H,17,18).